The highest BCUT2D eigenvalue weighted by Crippen LogP contribution is 2.49. The lowest BCUT2D eigenvalue weighted by Gasteiger charge is -2.29. The van der Waals surface area contributed by atoms with Crippen LogP contribution < -0.4 is 5.32 Å². The Labute approximate surface area is 139 Å². The first kappa shape index (κ1) is 15.2. The molecule has 0 aromatic heterocycles. The molecule has 2 heterocycles. The molecule has 6 nitrogen and oxygen atoms in total. The molecule has 1 saturated carbocycles. The zero-order valence-electron chi connectivity index (χ0n) is 13.3. The van der Waals surface area contributed by atoms with E-state index in [0.717, 1.165) is 18.4 Å². The molecule has 2 aliphatic heterocycles. The van der Waals surface area contributed by atoms with Crippen LogP contribution >= 0.6 is 0 Å². The summed E-state index contributed by atoms with van der Waals surface area (Å²) < 4.78 is 0. The van der Waals surface area contributed by atoms with E-state index in [1.807, 2.05) is 18.2 Å². The van der Waals surface area contributed by atoms with Gasteiger partial charge in [-0.05, 0) is 30.4 Å². The molecule has 1 aliphatic carbocycles. The van der Waals surface area contributed by atoms with Crippen molar-refractivity contribution in [3.05, 3.63) is 29.8 Å². The minimum atomic E-state index is -0.790. The van der Waals surface area contributed by atoms with Gasteiger partial charge in [-0.3, -0.25) is 14.4 Å². The molecule has 2 fully saturated rings. The van der Waals surface area contributed by atoms with E-state index in [1.54, 1.807) is 11.0 Å². The van der Waals surface area contributed by atoms with Crippen molar-refractivity contribution in [2.24, 2.45) is 11.3 Å². The molecule has 1 saturated heterocycles. The molecular formula is C18H20N2O4. The maximum absolute atomic E-state index is 13.1. The number of anilines is 1. The van der Waals surface area contributed by atoms with Crippen LogP contribution in [0.2, 0.25) is 0 Å². The first-order chi connectivity index (χ1) is 11.5. The van der Waals surface area contributed by atoms with E-state index in [9.17, 15) is 19.5 Å². The van der Waals surface area contributed by atoms with Crippen molar-refractivity contribution in [1.29, 1.82) is 0 Å². The van der Waals surface area contributed by atoms with Crippen LogP contribution in [0.1, 0.15) is 37.2 Å². The Balaban J connectivity index is 1.62. The highest BCUT2D eigenvalue weighted by atomic mass is 16.4. The summed E-state index contributed by atoms with van der Waals surface area (Å²) in [6, 6.07) is 7.34. The standard InChI is InChI=1S/C18H20N2O4/c21-15-8-13(12-5-1-2-6-14(12)19-15)16(22)20-9-11-4-3-7-18(11,10-20)17(23)24/h1-2,5-6,11,13H,3-4,7-10H2,(H,19,21)(H,23,24)/t11-,13?,18+/m0/s1. The molecule has 126 valence electrons. The third-order valence-electron chi connectivity index (χ3n) is 5.91. The lowest BCUT2D eigenvalue weighted by Crippen LogP contribution is -2.40. The number of nitrogens with zero attached hydrogens (tertiary/aromatic N) is 1. The number of carboxylic acid groups (broad SMARTS) is 1. The van der Waals surface area contributed by atoms with Gasteiger partial charge >= 0.3 is 5.97 Å². The van der Waals surface area contributed by atoms with Crippen LogP contribution in [0.25, 0.3) is 0 Å². The fraction of sp³-hybridized carbons (Fsp3) is 0.500. The van der Waals surface area contributed by atoms with Crippen molar-refractivity contribution in [2.75, 3.05) is 18.4 Å². The summed E-state index contributed by atoms with van der Waals surface area (Å²) in [7, 11) is 0. The minimum Gasteiger partial charge on any atom is -0.481 e. The zero-order valence-corrected chi connectivity index (χ0v) is 13.3. The monoisotopic (exact) mass is 328 g/mol. The van der Waals surface area contributed by atoms with Crippen molar-refractivity contribution in [3.8, 4) is 0 Å². The number of para-hydroxylation sites is 1. The van der Waals surface area contributed by atoms with Gasteiger partial charge in [0.05, 0.1) is 11.3 Å². The van der Waals surface area contributed by atoms with E-state index in [-0.39, 0.29) is 30.7 Å². The van der Waals surface area contributed by atoms with Crippen LogP contribution in [0.5, 0.6) is 0 Å². The quantitative estimate of drug-likeness (QED) is 0.867. The Hall–Kier alpha value is -2.37. The number of carbonyl (C=O) groups excluding carboxylic acids is 2. The number of likely N-dealkylation sites (tertiary alicyclic amines) is 1. The molecule has 6 heteroatoms. The molecule has 2 N–H and O–H groups in total. The Morgan fingerprint density at radius 3 is 2.83 bits per heavy atom. The van der Waals surface area contributed by atoms with Crippen molar-refractivity contribution in [3.63, 3.8) is 0 Å². The normalized spacial score (nSPS) is 31.3. The Morgan fingerprint density at radius 2 is 2.08 bits per heavy atom. The lowest BCUT2D eigenvalue weighted by molar-refractivity contribution is -0.149. The van der Waals surface area contributed by atoms with Crippen molar-refractivity contribution in [2.45, 2.75) is 31.6 Å². The van der Waals surface area contributed by atoms with Gasteiger partial charge in [0.15, 0.2) is 0 Å². The molecule has 24 heavy (non-hydrogen) atoms. The number of benzene rings is 1. The first-order valence-corrected chi connectivity index (χ1v) is 8.42. The molecule has 2 amide bonds. The Bertz CT molecular complexity index is 731. The summed E-state index contributed by atoms with van der Waals surface area (Å²) in [4.78, 5) is 38.5. The van der Waals surface area contributed by atoms with Gasteiger partial charge in [-0.2, -0.15) is 0 Å². The van der Waals surface area contributed by atoms with Crippen molar-refractivity contribution in [1.82, 2.24) is 4.90 Å². The average molecular weight is 328 g/mol. The third-order valence-corrected chi connectivity index (χ3v) is 5.91. The lowest BCUT2D eigenvalue weighted by atomic mass is 9.81. The zero-order chi connectivity index (χ0) is 16.9. The summed E-state index contributed by atoms with van der Waals surface area (Å²) in [5.41, 5.74) is 0.717. The Kier molecular flexibility index (Phi) is 3.37. The second-order valence-corrected chi connectivity index (χ2v) is 7.16. The number of hydrogen-bond donors (Lipinski definition) is 2. The Morgan fingerprint density at radius 1 is 1.29 bits per heavy atom. The van der Waals surface area contributed by atoms with Crippen molar-refractivity contribution < 1.29 is 19.5 Å². The maximum Gasteiger partial charge on any atom is 0.311 e. The average Bonchev–Trinajstić information content (AvgIpc) is 3.11. The second-order valence-electron chi connectivity index (χ2n) is 7.16. The number of fused-ring (bicyclic) bond motifs is 2. The van der Waals surface area contributed by atoms with Gasteiger partial charge in [0, 0.05) is 25.2 Å². The van der Waals surface area contributed by atoms with Crippen LogP contribution in [0, 0.1) is 11.3 Å². The summed E-state index contributed by atoms with van der Waals surface area (Å²) in [6.45, 7) is 0.761. The van der Waals surface area contributed by atoms with Crippen molar-refractivity contribution >= 4 is 23.5 Å². The number of aliphatic carboxylic acids is 1. The van der Waals surface area contributed by atoms with Gasteiger partial charge < -0.3 is 15.3 Å². The van der Waals surface area contributed by atoms with Gasteiger partial charge in [0.25, 0.3) is 0 Å². The number of amides is 2. The number of nitrogens with one attached hydrogen (secondary N) is 1. The fourth-order valence-electron chi connectivity index (χ4n) is 4.66. The second kappa shape index (κ2) is 5.33. The number of carbonyl (C=O) groups is 3. The molecule has 0 bridgehead atoms. The molecule has 1 aromatic carbocycles. The van der Waals surface area contributed by atoms with E-state index in [2.05, 4.69) is 5.32 Å². The molecule has 0 radical (unpaired) electrons. The summed E-state index contributed by atoms with van der Waals surface area (Å²) in [6.07, 6.45) is 2.53. The fourth-order valence-corrected chi connectivity index (χ4v) is 4.66. The minimum absolute atomic E-state index is 0.0339. The predicted molar refractivity (Wildman–Crippen MR) is 86.4 cm³/mol. The van der Waals surface area contributed by atoms with E-state index in [4.69, 9.17) is 0 Å². The molecule has 0 spiro atoms. The molecule has 1 aromatic rings. The first-order valence-electron chi connectivity index (χ1n) is 8.42. The van der Waals surface area contributed by atoms with Gasteiger partial charge in [-0.15, -0.1) is 0 Å². The largest absolute Gasteiger partial charge is 0.481 e. The number of hydrogen-bond acceptors (Lipinski definition) is 3. The highest BCUT2D eigenvalue weighted by molar-refractivity contribution is 6.01. The molecule has 3 aliphatic rings. The van der Waals surface area contributed by atoms with Crippen LogP contribution in [0.15, 0.2) is 24.3 Å². The molecular weight excluding hydrogens is 308 g/mol. The summed E-state index contributed by atoms with van der Waals surface area (Å²) >= 11 is 0. The number of carboxylic acids is 1. The van der Waals surface area contributed by atoms with Gasteiger partial charge in [-0.1, -0.05) is 24.6 Å². The predicted octanol–water partition coefficient (Wildman–Crippen LogP) is 1.83. The van der Waals surface area contributed by atoms with Crippen LogP contribution in [-0.4, -0.2) is 40.9 Å². The van der Waals surface area contributed by atoms with Gasteiger partial charge in [-0.25, -0.2) is 0 Å². The molecule has 3 atom stereocenters. The summed E-state index contributed by atoms with van der Waals surface area (Å²) in [5, 5.41) is 12.5. The van der Waals surface area contributed by atoms with E-state index < -0.39 is 17.3 Å². The van der Waals surface area contributed by atoms with Crippen LogP contribution in [-0.2, 0) is 14.4 Å². The highest BCUT2D eigenvalue weighted by Gasteiger charge is 2.56. The van der Waals surface area contributed by atoms with E-state index in [0.29, 0.717) is 18.7 Å². The summed E-state index contributed by atoms with van der Waals surface area (Å²) in [5.74, 6) is -1.56. The van der Waals surface area contributed by atoms with Crippen LogP contribution in [0.3, 0.4) is 0 Å². The molecule has 4 rings (SSSR count). The van der Waals surface area contributed by atoms with Gasteiger partial charge in [0.2, 0.25) is 11.8 Å². The third kappa shape index (κ3) is 2.12. The van der Waals surface area contributed by atoms with Gasteiger partial charge in [0.1, 0.15) is 0 Å². The van der Waals surface area contributed by atoms with E-state index in [1.165, 1.54) is 0 Å². The number of rotatable bonds is 2. The smallest absolute Gasteiger partial charge is 0.311 e. The topological polar surface area (TPSA) is 86.7 Å². The molecule has 1 unspecified atom stereocenters. The maximum atomic E-state index is 13.1. The van der Waals surface area contributed by atoms with Crippen LogP contribution in [0.4, 0.5) is 5.69 Å². The van der Waals surface area contributed by atoms with E-state index >= 15 is 0 Å². The SMILES string of the molecule is O=C1CC(C(=O)N2C[C@@H]3CCC[C@@]3(C(=O)O)C2)c2ccccc2N1.